The minimum absolute atomic E-state index is 0.108. The average molecular weight is 1410 g/mol. The molecule has 2 unspecified atom stereocenters. The molecule has 0 radical (unpaired) electrons. The van der Waals surface area contributed by atoms with E-state index in [9.17, 15) is 43.2 Å². The van der Waals surface area contributed by atoms with Gasteiger partial charge in [-0.15, -0.1) is 0 Å². The number of phosphoric ester groups is 2. The number of carbonyl (C=O) groups is 4. The van der Waals surface area contributed by atoms with Crippen molar-refractivity contribution in [1.29, 1.82) is 0 Å². The Labute approximate surface area is 588 Å². The number of rotatable bonds is 77. The maximum Gasteiger partial charge on any atom is 0.472 e. The Bertz CT molecular complexity index is 1840. The minimum atomic E-state index is -4.96. The van der Waals surface area contributed by atoms with E-state index in [0.29, 0.717) is 25.7 Å². The van der Waals surface area contributed by atoms with Crippen molar-refractivity contribution < 1.29 is 80.2 Å². The van der Waals surface area contributed by atoms with Gasteiger partial charge in [-0.25, -0.2) is 9.13 Å². The largest absolute Gasteiger partial charge is 0.472 e. The fourth-order valence-corrected chi connectivity index (χ4v) is 13.5. The molecule has 0 aliphatic carbocycles. The van der Waals surface area contributed by atoms with Crippen LogP contribution in [0.1, 0.15) is 407 Å². The first-order chi connectivity index (χ1) is 46.5. The van der Waals surface area contributed by atoms with Crippen LogP contribution in [0.5, 0.6) is 0 Å². The Morgan fingerprint density at radius 3 is 0.708 bits per heavy atom. The fourth-order valence-electron chi connectivity index (χ4n) is 11.9. The van der Waals surface area contributed by atoms with E-state index in [2.05, 4.69) is 34.6 Å². The van der Waals surface area contributed by atoms with E-state index in [1.807, 2.05) is 0 Å². The van der Waals surface area contributed by atoms with Crippen LogP contribution in [0.4, 0.5) is 0 Å². The third-order valence-corrected chi connectivity index (χ3v) is 19.9. The molecular formula is C77H150O17P2. The molecule has 0 rings (SSSR count). The van der Waals surface area contributed by atoms with Crippen LogP contribution in [0.2, 0.25) is 0 Å². The number of hydrogen-bond donors (Lipinski definition) is 3. The molecule has 0 heterocycles. The van der Waals surface area contributed by atoms with Crippen molar-refractivity contribution in [3.63, 3.8) is 0 Å². The molecule has 0 aromatic carbocycles. The number of phosphoric acid groups is 2. The highest BCUT2D eigenvalue weighted by Gasteiger charge is 2.30. The maximum absolute atomic E-state index is 13.1. The zero-order chi connectivity index (χ0) is 70.5. The van der Waals surface area contributed by atoms with Crippen molar-refractivity contribution in [3.8, 4) is 0 Å². The number of aliphatic hydroxyl groups excluding tert-OH is 1. The van der Waals surface area contributed by atoms with Crippen LogP contribution in [0.25, 0.3) is 0 Å². The van der Waals surface area contributed by atoms with Gasteiger partial charge in [0, 0.05) is 25.7 Å². The number of esters is 4. The molecule has 0 saturated heterocycles. The van der Waals surface area contributed by atoms with Crippen LogP contribution in [0.3, 0.4) is 0 Å². The molecule has 17 nitrogen and oxygen atoms in total. The van der Waals surface area contributed by atoms with Gasteiger partial charge in [-0.3, -0.25) is 37.3 Å². The van der Waals surface area contributed by atoms with Crippen LogP contribution < -0.4 is 0 Å². The fraction of sp³-hybridized carbons (Fsp3) is 0.948. The Hall–Kier alpha value is -1.94. The normalized spacial score (nSPS) is 13.9. The quantitative estimate of drug-likeness (QED) is 0.0222. The third kappa shape index (κ3) is 70.5. The first-order valence-corrected chi connectivity index (χ1v) is 43.1. The van der Waals surface area contributed by atoms with Gasteiger partial charge >= 0.3 is 39.5 Å². The predicted octanol–water partition coefficient (Wildman–Crippen LogP) is 22.9. The lowest BCUT2D eigenvalue weighted by molar-refractivity contribution is -0.161. The summed E-state index contributed by atoms with van der Waals surface area (Å²) in [7, 11) is -9.91. The van der Waals surface area contributed by atoms with Crippen molar-refractivity contribution in [3.05, 3.63) is 0 Å². The van der Waals surface area contributed by atoms with Gasteiger partial charge < -0.3 is 33.8 Å². The summed E-state index contributed by atoms with van der Waals surface area (Å²) in [5, 5.41) is 10.6. The van der Waals surface area contributed by atoms with Gasteiger partial charge in [-0.05, 0) is 31.6 Å². The van der Waals surface area contributed by atoms with Gasteiger partial charge in [0.05, 0.1) is 26.4 Å². The van der Waals surface area contributed by atoms with E-state index in [4.69, 9.17) is 37.0 Å². The predicted molar refractivity (Wildman–Crippen MR) is 391 cm³/mol. The lowest BCUT2D eigenvalue weighted by Crippen LogP contribution is -2.30. The molecule has 0 bridgehead atoms. The molecule has 3 N–H and O–H groups in total. The average Bonchev–Trinajstić information content (AvgIpc) is 1.36. The molecule has 0 aliphatic heterocycles. The molecule has 0 amide bonds. The van der Waals surface area contributed by atoms with Gasteiger partial charge in [-0.1, -0.05) is 356 Å². The Balaban J connectivity index is 5.18. The number of hydrogen-bond acceptors (Lipinski definition) is 15. The van der Waals surface area contributed by atoms with Gasteiger partial charge in [0.25, 0.3) is 0 Å². The SMILES string of the molecule is CCCCCCCCCCCCCCCCCCCCCC(=O)O[C@H](COC(=O)CCCCCCCCCCCCCCCC(C)C)COP(=O)(O)OC[C@@H](O)COP(=O)(O)OC[C@@H](COC(=O)CCCCCCCCC)OC(=O)CCCCCCCCCCCCCCCC. The van der Waals surface area contributed by atoms with Crippen molar-refractivity contribution in [2.24, 2.45) is 5.92 Å². The molecule has 5 atom stereocenters. The topological polar surface area (TPSA) is 237 Å². The molecule has 0 saturated carbocycles. The van der Waals surface area contributed by atoms with E-state index in [0.717, 1.165) is 109 Å². The summed E-state index contributed by atoms with van der Waals surface area (Å²) in [6, 6.07) is 0. The summed E-state index contributed by atoms with van der Waals surface area (Å²) in [6.45, 7) is 7.28. The molecule has 96 heavy (non-hydrogen) atoms. The molecule has 0 spiro atoms. The third-order valence-electron chi connectivity index (χ3n) is 18.0. The maximum atomic E-state index is 13.1. The first kappa shape index (κ1) is 94.1. The highest BCUT2D eigenvalue weighted by Crippen LogP contribution is 2.45. The van der Waals surface area contributed by atoms with Crippen LogP contribution in [-0.4, -0.2) is 96.7 Å². The summed E-state index contributed by atoms with van der Waals surface area (Å²) in [4.78, 5) is 72.7. The van der Waals surface area contributed by atoms with E-state index in [-0.39, 0.29) is 25.7 Å². The zero-order valence-corrected chi connectivity index (χ0v) is 64.3. The van der Waals surface area contributed by atoms with E-state index < -0.39 is 97.5 Å². The Morgan fingerprint density at radius 1 is 0.281 bits per heavy atom. The zero-order valence-electron chi connectivity index (χ0n) is 62.5. The van der Waals surface area contributed by atoms with Gasteiger partial charge in [0.2, 0.25) is 0 Å². The van der Waals surface area contributed by atoms with E-state index in [1.165, 1.54) is 218 Å². The standard InChI is InChI=1S/C77H150O17P2/c1-6-9-12-15-18-20-22-24-26-27-28-29-30-34-39-43-48-53-58-63-77(82)94-73(67-88-75(80)61-56-51-46-41-37-35-31-32-36-40-45-49-54-59-70(4)5)69-92-96(85,86)90-65-71(78)64-89-95(83,84)91-68-72(66-87-74(79)60-55-50-44-17-14-11-8-3)93-76(81)62-57-52-47-42-38-33-25-23-21-19-16-13-10-7-2/h70-73,78H,6-69H2,1-5H3,(H,83,84)(H,85,86)/t71-,72+,73+/m0/s1. The van der Waals surface area contributed by atoms with Crippen molar-refractivity contribution in [2.75, 3.05) is 39.6 Å². The van der Waals surface area contributed by atoms with Crippen molar-refractivity contribution >= 4 is 39.5 Å². The number of unbranched alkanes of at least 4 members (excludes halogenated alkanes) is 49. The molecule has 0 aromatic rings. The van der Waals surface area contributed by atoms with Crippen LogP contribution in [-0.2, 0) is 65.4 Å². The van der Waals surface area contributed by atoms with E-state index >= 15 is 0 Å². The lowest BCUT2D eigenvalue weighted by Gasteiger charge is -2.21. The number of ether oxygens (including phenoxy) is 4. The first-order valence-electron chi connectivity index (χ1n) is 40.1. The molecular weight excluding hydrogens is 1260 g/mol. The van der Waals surface area contributed by atoms with Crippen LogP contribution in [0, 0.1) is 5.92 Å². The molecule has 0 fully saturated rings. The lowest BCUT2D eigenvalue weighted by atomic mass is 10.0. The van der Waals surface area contributed by atoms with Crippen molar-refractivity contribution in [1.82, 2.24) is 0 Å². The highest BCUT2D eigenvalue weighted by molar-refractivity contribution is 7.47. The number of carbonyl (C=O) groups excluding carboxylic acids is 4. The minimum Gasteiger partial charge on any atom is -0.462 e. The van der Waals surface area contributed by atoms with Gasteiger partial charge in [0.1, 0.15) is 19.3 Å². The summed E-state index contributed by atoms with van der Waals surface area (Å²) in [5.41, 5.74) is 0. The molecule has 570 valence electrons. The van der Waals surface area contributed by atoms with E-state index in [1.54, 1.807) is 0 Å². The summed E-state index contributed by atoms with van der Waals surface area (Å²) < 4.78 is 68.5. The highest BCUT2D eigenvalue weighted by atomic mass is 31.2. The van der Waals surface area contributed by atoms with Crippen LogP contribution in [0.15, 0.2) is 0 Å². The summed E-state index contributed by atoms with van der Waals surface area (Å²) in [5.74, 6) is -1.32. The Kier molecular flexibility index (Phi) is 68.7. The van der Waals surface area contributed by atoms with Crippen molar-refractivity contribution in [2.45, 2.75) is 425 Å². The van der Waals surface area contributed by atoms with Gasteiger partial charge in [-0.2, -0.15) is 0 Å². The second-order valence-electron chi connectivity index (χ2n) is 28.2. The second kappa shape index (κ2) is 70.1. The summed E-state index contributed by atoms with van der Waals surface area (Å²) >= 11 is 0. The van der Waals surface area contributed by atoms with Gasteiger partial charge in [0.15, 0.2) is 12.2 Å². The Morgan fingerprint density at radius 2 is 0.479 bits per heavy atom. The number of aliphatic hydroxyl groups is 1. The molecule has 0 aromatic heterocycles. The second-order valence-corrected chi connectivity index (χ2v) is 31.1. The summed E-state index contributed by atoms with van der Waals surface area (Å²) in [6.07, 6.45) is 59.8. The van der Waals surface area contributed by atoms with Crippen LogP contribution >= 0.6 is 15.6 Å². The molecule has 19 heteroatoms. The smallest absolute Gasteiger partial charge is 0.462 e. The monoisotopic (exact) mass is 1410 g/mol. The molecule has 0 aliphatic rings.